The van der Waals surface area contributed by atoms with E-state index in [2.05, 4.69) is 15.2 Å². The largest absolute Gasteiger partial charge is 0.423 e. The van der Waals surface area contributed by atoms with Crippen LogP contribution in [-0.4, -0.2) is 26.5 Å². The van der Waals surface area contributed by atoms with Crippen molar-refractivity contribution in [2.75, 3.05) is 4.72 Å². The van der Waals surface area contributed by atoms with Crippen molar-refractivity contribution < 1.29 is 22.7 Å². The van der Waals surface area contributed by atoms with Crippen LogP contribution in [-0.2, 0) is 10.0 Å². The number of hydrogen-bond acceptors (Lipinski definition) is 6. The average Bonchev–Trinajstić information content (AvgIpc) is 2.98. The third-order valence-corrected chi connectivity index (χ3v) is 7.33. The second-order valence-corrected chi connectivity index (χ2v) is 10.4. The molecule has 0 saturated heterocycles. The number of nitrogens with one attached hydrogen (secondary N) is 2. The maximum absolute atomic E-state index is 12.7. The van der Waals surface area contributed by atoms with Crippen LogP contribution < -0.4 is 14.9 Å². The molecule has 198 valence electrons. The number of hydrogen-bond donors (Lipinski definition) is 2. The highest BCUT2D eigenvalue weighted by Crippen LogP contribution is 2.21. The van der Waals surface area contributed by atoms with E-state index < -0.39 is 21.9 Å². The predicted molar refractivity (Wildman–Crippen MR) is 154 cm³/mol. The fourth-order valence-electron chi connectivity index (χ4n) is 3.92. The predicted octanol–water partition coefficient (Wildman–Crippen LogP) is 5.62. The zero-order valence-corrected chi connectivity index (χ0v) is 21.8. The van der Waals surface area contributed by atoms with E-state index in [4.69, 9.17) is 4.74 Å². The Kier molecular flexibility index (Phi) is 7.65. The van der Waals surface area contributed by atoms with Gasteiger partial charge in [0.05, 0.1) is 16.7 Å². The summed E-state index contributed by atoms with van der Waals surface area (Å²) < 4.78 is 32.9. The molecule has 2 N–H and O–H groups in total. The first-order chi connectivity index (χ1) is 19.4. The Bertz CT molecular complexity index is 1800. The van der Waals surface area contributed by atoms with E-state index in [9.17, 15) is 18.0 Å². The molecule has 1 amide bonds. The highest BCUT2D eigenvalue weighted by Gasteiger charge is 2.14. The van der Waals surface area contributed by atoms with E-state index in [1.165, 1.54) is 42.6 Å². The molecular formula is C31H23N3O5S. The van der Waals surface area contributed by atoms with Crippen molar-refractivity contribution >= 4 is 44.6 Å². The van der Waals surface area contributed by atoms with Crippen LogP contribution >= 0.6 is 0 Å². The van der Waals surface area contributed by atoms with Gasteiger partial charge in [-0.25, -0.2) is 18.6 Å². The zero-order chi connectivity index (χ0) is 28.0. The minimum Gasteiger partial charge on any atom is -0.423 e. The summed E-state index contributed by atoms with van der Waals surface area (Å²) in [5, 5.41) is 5.74. The van der Waals surface area contributed by atoms with Crippen LogP contribution in [0.1, 0.15) is 26.3 Å². The van der Waals surface area contributed by atoms with Crippen molar-refractivity contribution in [3.8, 4) is 5.75 Å². The fourth-order valence-corrected chi connectivity index (χ4v) is 5.00. The number of anilines is 1. The Morgan fingerprint density at radius 3 is 2.15 bits per heavy atom. The normalized spacial score (nSPS) is 11.3. The second-order valence-electron chi connectivity index (χ2n) is 8.68. The average molecular weight is 550 g/mol. The van der Waals surface area contributed by atoms with Crippen LogP contribution in [0.4, 0.5) is 5.69 Å². The summed E-state index contributed by atoms with van der Waals surface area (Å²) in [5.41, 5.74) is 4.21. The summed E-state index contributed by atoms with van der Waals surface area (Å²) in [6.07, 6.45) is 1.45. The first-order valence-electron chi connectivity index (χ1n) is 12.2. The van der Waals surface area contributed by atoms with Crippen molar-refractivity contribution in [3.63, 3.8) is 0 Å². The van der Waals surface area contributed by atoms with E-state index >= 15 is 0 Å². The molecule has 0 heterocycles. The Morgan fingerprint density at radius 2 is 1.40 bits per heavy atom. The Morgan fingerprint density at radius 1 is 0.725 bits per heavy atom. The molecule has 5 aromatic carbocycles. The zero-order valence-electron chi connectivity index (χ0n) is 21.0. The molecule has 0 saturated carbocycles. The molecule has 0 bridgehead atoms. The van der Waals surface area contributed by atoms with Crippen LogP contribution in [0.2, 0.25) is 0 Å². The van der Waals surface area contributed by atoms with Gasteiger partial charge in [0.1, 0.15) is 5.75 Å². The number of carbonyl (C=O) groups excluding carboxylic acids is 2. The minimum atomic E-state index is -3.73. The highest BCUT2D eigenvalue weighted by molar-refractivity contribution is 7.92. The lowest BCUT2D eigenvalue weighted by Gasteiger charge is -2.08. The molecule has 0 unspecified atom stereocenters. The van der Waals surface area contributed by atoms with E-state index in [1.807, 2.05) is 36.4 Å². The number of fused-ring (bicyclic) bond motifs is 1. The first kappa shape index (κ1) is 26.3. The summed E-state index contributed by atoms with van der Waals surface area (Å²) in [7, 11) is -3.73. The molecule has 0 fully saturated rings. The lowest BCUT2D eigenvalue weighted by molar-refractivity contribution is 0.0736. The molecule has 0 aliphatic heterocycles. The fraction of sp³-hybridized carbons (Fsp3) is 0. The van der Waals surface area contributed by atoms with Crippen LogP contribution in [0.3, 0.4) is 0 Å². The Labute approximate surface area is 231 Å². The number of amides is 1. The van der Waals surface area contributed by atoms with Crippen molar-refractivity contribution in [2.24, 2.45) is 5.10 Å². The van der Waals surface area contributed by atoms with Crippen molar-refractivity contribution in [3.05, 3.63) is 138 Å². The minimum absolute atomic E-state index is 0.141. The third kappa shape index (κ3) is 6.23. The molecule has 9 heteroatoms. The Hall–Kier alpha value is -5.28. The molecule has 5 aromatic rings. The van der Waals surface area contributed by atoms with E-state index in [-0.39, 0.29) is 4.90 Å². The molecule has 0 aliphatic carbocycles. The van der Waals surface area contributed by atoms with Gasteiger partial charge in [0.15, 0.2) is 0 Å². The van der Waals surface area contributed by atoms with Crippen LogP contribution in [0.15, 0.2) is 131 Å². The highest BCUT2D eigenvalue weighted by atomic mass is 32.2. The van der Waals surface area contributed by atoms with Gasteiger partial charge >= 0.3 is 5.97 Å². The second kappa shape index (κ2) is 11.6. The van der Waals surface area contributed by atoms with Crippen molar-refractivity contribution in [1.29, 1.82) is 0 Å². The summed E-state index contributed by atoms with van der Waals surface area (Å²) in [6.45, 7) is 0. The van der Waals surface area contributed by atoms with Gasteiger partial charge in [-0.1, -0.05) is 54.6 Å². The number of hydrazone groups is 1. The number of esters is 1. The van der Waals surface area contributed by atoms with Crippen molar-refractivity contribution in [2.45, 2.75) is 4.90 Å². The number of ether oxygens (including phenoxy) is 1. The van der Waals surface area contributed by atoms with Gasteiger partial charge in [0.2, 0.25) is 0 Å². The smallest absolute Gasteiger partial charge is 0.344 e. The molecule has 0 spiro atoms. The molecule has 0 aliphatic rings. The van der Waals surface area contributed by atoms with E-state index in [0.717, 1.165) is 10.8 Å². The number of nitrogens with zero attached hydrogens (tertiary/aromatic N) is 1. The maximum Gasteiger partial charge on any atom is 0.344 e. The third-order valence-electron chi connectivity index (χ3n) is 5.93. The van der Waals surface area contributed by atoms with E-state index in [0.29, 0.717) is 28.1 Å². The van der Waals surface area contributed by atoms with E-state index in [1.54, 1.807) is 48.5 Å². The molecule has 40 heavy (non-hydrogen) atoms. The maximum atomic E-state index is 12.7. The van der Waals surface area contributed by atoms with Gasteiger partial charge in [-0.05, 0) is 83.1 Å². The summed E-state index contributed by atoms with van der Waals surface area (Å²) in [6, 6.07) is 33.7. The molecule has 0 aromatic heterocycles. The molecule has 0 atom stereocenters. The topological polar surface area (TPSA) is 114 Å². The molecule has 8 nitrogen and oxygen atoms in total. The standard InChI is InChI=1S/C31H23N3O5S/c35-30(24-15-17-25(18-16-24)34-40(37,38)27-9-2-1-3-10-27)33-32-21-22-13-19-26(20-14-22)39-31(36)29-12-6-8-23-7-4-5-11-28(23)29/h1-21,34H,(H,33,35)/b32-21+. The number of rotatable bonds is 8. The van der Waals surface area contributed by atoms with Gasteiger partial charge < -0.3 is 4.74 Å². The summed E-state index contributed by atoms with van der Waals surface area (Å²) in [5.74, 6) is -0.541. The Balaban J connectivity index is 1.16. The SMILES string of the molecule is O=C(N/N=C/c1ccc(OC(=O)c2cccc3ccccc23)cc1)c1ccc(NS(=O)(=O)c2ccccc2)cc1. The summed E-state index contributed by atoms with van der Waals surface area (Å²) in [4.78, 5) is 25.3. The van der Waals surface area contributed by atoms with Gasteiger partial charge in [-0.15, -0.1) is 0 Å². The van der Waals surface area contributed by atoms with Gasteiger partial charge in [-0.2, -0.15) is 5.10 Å². The number of benzene rings is 5. The summed E-state index contributed by atoms with van der Waals surface area (Å²) >= 11 is 0. The monoisotopic (exact) mass is 549 g/mol. The number of carbonyl (C=O) groups is 2. The molecular weight excluding hydrogens is 526 g/mol. The van der Waals surface area contributed by atoms with Gasteiger partial charge in [0, 0.05) is 11.3 Å². The number of sulfonamides is 1. The molecule has 0 radical (unpaired) electrons. The first-order valence-corrected chi connectivity index (χ1v) is 13.7. The molecule has 5 rings (SSSR count). The van der Waals surface area contributed by atoms with Crippen LogP contribution in [0, 0.1) is 0 Å². The lowest BCUT2D eigenvalue weighted by Crippen LogP contribution is -2.18. The van der Waals surface area contributed by atoms with Gasteiger partial charge in [-0.3, -0.25) is 9.52 Å². The quantitative estimate of drug-likeness (QED) is 0.113. The van der Waals surface area contributed by atoms with Crippen LogP contribution in [0.5, 0.6) is 5.75 Å². The van der Waals surface area contributed by atoms with Gasteiger partial charge in [0.25, 0.3) is 15.9 Å². The lowest BCUT2D eigenvalue weighted by atomic mass is 10.0. The van der Waals surface area contributed by atoms with Crippen LogP contribution in [0.25, 0.3) is 10.8 Å². The van der Waals surface area contributed by atoms with Crippen molar-refractivity contribution in [1.82, 2.24) is 5.43 Å².